The van der Waals surface area contributed by atoms with Crippen LogP contribution in [0.15, 0.2) is 48.1 Å². The van der Waals surface area contributed by atoms with Crippen LogP contribution in [0.1, 0.15) is 10.6 Å². The van der Waals surface area contributed by atoms with Crippen LogP contribution in [-0.4, -0.2) is 33.9 Å². The Morgan fingerprint density at radius 2 is 2.17 bits per heavy atom. The summed E-state index contributed by atoms with van der Waals surface area (Å²) in [5.41, 5.74) is 2.75. The van der Waals surface area contributed by atoms with Crippen molar-refractivity contribution < 1.29 is 5.11 Å². The first-order valence-corrected chi connectivity index (χ1v) is 7.85. The molecule has 0 fully saturated rings. The number of aliphatic hydroxyl groups excluding tert-OH is 1. The summed E-state index contributed by atoms with van der Waals surface area (Å²) in [6.07, 6.45) is 1.70. The number of benzene rings is 1. The first-order valence-electron chi connectivity index (χ1n) is 6.97. The van der Waals surface area contributed by atoms with Crippen LogP contribution in [0.4, 0.5) is 0 Å². The zero-order chi connectivity index (χ0) is 16.4. The van der Waals surface area contributed by atoms with Gasteiger partial charge in [0.05, 0.1) is 29.4 Å². The summed E-state index contributed by atoms with van der Waals surface area (Å²) in [5.74, 6) is 0.431. The lowest BCUT2D eigenvalue weighted by Crippen LogP contribution is -2.26. The molecule has 1 aromatic carbocycles. The molecule has 0 spiro atoms. The Hall–Kier alpha value is -2.91. The summed E-state index contributed by atoms with van der Waals surface area (Å²) in [7, 11) is 0. The third kappa shape index (κ3) is 2.74. The van der Waals surface area contributed by atoms with E-state index in [-0.39, 0.29) is 11.6 Å². The maximum Gasteiger partial charge on any atom is 0.135 e. The highest BCUT2D eigenvalue weighted by Crippen LogP contribution is 2.32. The van der Waals surface area contributed by atoms with E-state index in [9.17, 15) is 5.11 Å². The van der Waals surface area contributed by atoms with E-state index in [4.69, 9.17) is 10.7 Å². The molecule has 114 valence electrons. The van der Waals surface area contributed by atoms with Gasteiger partial charge in [0.25, 0.3) is 0 Å². The molecular formula is C17H14N4OS. The standard InChI is InChI=1S/C17H14N4OS/c1-2-7-21-9-14(22)15(16(21)19)17-20-13(10-23-17)12-5-3-11(8-18)4-6-12/h2-6,10,19,22H,1,7,9H2. The molecule has 3 rings (SSSR count). The molecule has 1 aliphatic heterocycles. The van der Waals surface area contributed by atoms with Crippen molar-refractivity contribution in [3.63, 3.8) is 0 Å². The van der Waals surface area contributed by atoms with Gasteiger partial charge in [0.2, 0.25) is 0 Å². The molecule has 5 nitrogen and oxygen atoms in total. The molecule has 0 radical (unpaired) electrons. The smallest absolute Gasteiger partial charge is 0.135 e. The molecular weight excluding hydrogens is 308 g/mol. The van der Waals surface area contributed by atoms with Gasteiger partial charge in [-0.2, -0.15) is 5.26 Å². The Kier molecular flexibility index (Phi) is 3.96. The summed E-state index contributed by atoms with van der Waals surface area (Å²) in [5, 5.41) is 29.7. The minimum absolute atomic E-state index is 0.164. The van der Waals surface area contributed by atoms with Crippen molar-refractivity contribution in [2.45, 2.75) is 0 Å². The molecule has 0 unspecified atom stereocenters. The van der Waals surface area contributed by atoms with E-state index in [1.165, 1.54) is 11.3 Å². The van der Waals surface area contributed by atoms with Crippen molar-refractivity contribution in [3.8, 4) is 17.3 Å². The summed E-state index contributed by atoms with van der Waals surface area (Å²) >= 11 is 1.39. The SMILES string of the molecule is C=CCN1CC(O)=C(c2nc(-c3ccc(C#N)cc3)cs2)C1=N. The van der Waals surface area contributed by atoms with E-state index < -0.39 is 0 Å². The average Bonchev–Trinajstić information content (AvgIpc) is 3.13. The number of aliphatic hydroxyl groups is 1. The number of hydrogen-bond acceptors (Lipinski definition) is 5. The molecule has 2 heterocycles. The van der Waals surface area contributed by atoms with Crippen LogP contribution < -0.4 is 0 Å². The quantitative estimate of drug-likeness (QED) is 0.845. The monoisotopic (exact) mass is 322 g/mol. The van der Waals surface area contributed by atoms with E-state index in [0.29, 0.717) is 29.2 Å². The Morgan fingerprint density at radius 1 is 1.43 bits per heavy atom. The van der Waals surface area contributed by atoms with E-state index in [0.717, 1.165) is 11.3 Å². The molecule has 23 heavy (non-hydrogen) atoms. The number of amidine groups is 1. The minimum atomic E-state index is 0.164. The molecule has 0 bridgehead atoms. The van der Waals surface area contributed by atoms with Crippen LogP contribution in [-0.2, 0) is 0 Å². The molecule has 0 saturated carbocycles. The molecule has 2 aromatic rings. The molecule has 1 aliphatic rings. The number of nitrogens with zero attached hydrogens (tertiary/aromatic N) is 3. The highest BCUT2D eigenvalue weighted by molar-refractivity contribution is 7.11. The number of aromatic nitrogens is 1. The van der Waals surface area contributed by atoms with Gasteiger partial charge in [-0.1, -0.05) is 18.2 Å². The van der Waals surface area contributed by atoms with Crippen LogP contribution in [0.3, 0.4) is 0 Å². The Bertz CT molecular complexity index is 842. The van der Waals surface area contributed by atoms with Gasteiger partial charge in [0, 0.05) is 17.5 Å². The Morgan fingerprint density at radius 3 is 2.83 bits per heavy atom. The first kappa shape index (κ1) is 15.0. The second-order valence-electron chi connectivity index (χ2n) is 5.07. The van der Waals surface area contributed by atoms with E-state index in [2.05, 4.69) is 17.6 Å². The highest BCUT2D eigenvalue weighted by atomic mass is 32.1. The van der Waals surface area contributed by atoms with Crippen molar-refractivity contribution in [3.05, 3.63) is 58.6 Å². The second-order valence-corrected chi connectivity index (χ2v) is 5.92. The van der Waals surface area contributed by atoms with E-state index in [1.54, 1.807) is 23.1 Å². The lowest BCUT2D eigenvalue weighted by Gasteiger charge is -2.15. The summed E-state index contributed by atoms with van der Waals surface area (Å²) in [6.45, 7) is 4.49. The van der Waals surface area contributed by atoms with Crippen molar-refractivity contribution in [1.82, 2.24) is 9.88 Å². The molecule has 0 saturated heterocycles. The van der Waals surface area contributed by atoms with Gasteiger partial charge in [-0.25, -0.2) is 4.98 Å². The first-order chi connectivity index (χ1) is 11.1. The van der Waals surface area contributed by atoms with Gasteiger partial charge in [-0.05, 0) is 12.1 Å². The van der Waals surface area contributed by atoms with E-state index in [1.807, 2.05) is 17.5 Å². The summed E-state index contributed by atoms with van der Waals surface area (Å²) < 4.78 is 0. The predicted molar refractivity (Wildman–Crippen MR) is 91.3 cm³/mol. The van der Waals surface area contributed by atoms with E-state index >= 15 is 0 Å². The third-order valence-corrected chi connectivity index (χ3v) is 4.42. The van der Waals surface area contributed by atoms with Crippen molar-refractivity contribution >= 4 is 22.7 Å². The van der Waals surface area contributed by atoms with Gasteiger partial charge in [0.1, 0.15) is 16.6 Å². The Labute approximate surface area is 138 Å². The van der Waals surface area contributed by atoms with Crippen molar-refractivity contribution in [2.75, 3.05) is 13.1 Å². The molecule has 0 amide bonds. The average molecular weight is 322 g/mol. The fraction of sp³-hybridized carbons (Fsp3) is 0.118. The largest absolute Gasteiger partial charge is 0.510 e. The molecule has 1 aromatic heterocycles. The molecule has 0 atom stereocenters. The van der Waals surface area contributed by atoms with Crippen molar-refractivity contribution in [1.29, 1.82) is 10.7 Å². The maximum absolute atomic E-state index is 10.2. The maximum atomic E-state index is 10.2. The molecule has 6 heteroatoms. The molecule has 0 aliphatic carbocycles. The lowest BCUT2D eigenvalue weighted by molar-refractivity contribution is 0.362. The minimum Gasteiger partial charge on any atom is -0.510 e. The van der Waals surface area contributed by atoms with Crippen LogP contribution >= 0.6 is 11.3 Å². The van der Waals surface area contributed by atoms with Crippen LogP contribution in [0.25, 0.3) is 16.8 Å². The topological polar surface area (TPSA) is 84.0 Å². The number of nitrogens with one attached hydrogen (secondary N) is 1. The van der Waals surface area contributed by atoms with Gasteiger partial charge in [-0.3, -0.25) is 5.41 Å². The number of thiazole rings is 1. The van der Waals surface area contributed by atoms with Crippen molar-refractivity contribution in [2.24, 2.45) is 0 Å². The zero-order valence-electron chi connectivity index (χ0n) is 12.3. The Balaban J connectivity index is 1.90. The lowest BCUT2D eigenvalue weighted by atomic mass is 10.1. The number of nitriles is 1. The summed E-state index contributed by atoms with van der Waals surface area (Å²) in [6, 6.07) is 9.26. The van der Waals surface area contributed by atoms with Gasteiger partial charge < -0.3 is 10.0 Å². The van der Waals surface area contributed by atoms with Gasteiger partial charge in [-0.15, -0.1) is 17.9 Å². The van der Waals surface area contributed by atoms with Gasteiger partial charge in [0.15, 0.2) is 0 Å². The van der Waals surface area contributed by atoms with Crippen LogP contribution in [0, 0.1) is 16.7 Å². The van der Waals surface area contributed by atoms with Crippen LogP contribution in [0.2, 0.25) is 0 Å². The zero-order valence-corrected chi connectivity index (χ0v) is 13.1. The second kappa shape index (κ2) is 6.07. The fourth-order valence-electron chi connectivity index (χ4n) is 2.41. The predicted octanol–water partition coefficient (Wildman–Crippen LogP) is 3.43. The number of hydrogen-bond donors (Lipinski definition) is 2. The van der Waals surface area contributed by atoms with Gasteiger partial charge >= 0.3 is 0 Å². The summed E-state index contributed by atoms with van der Waals surface area (Å²) in [4.78, 5) is 6.27. The third-order valence-electron chi connectivity index (χ3n) is 3.56. The fourth-order valence-corrected chi connectivity index (χ4v) is 3.30. The normalized spacial score (nSPS) is 14.2. The molecule has 2 N–H and O–H groups in total. The van der Waals surface area contributed by atoms with Crippen LogP contribution in [0.5, 0.6) is 0 Å². The highest BCUT2D eigenvalue weighted by Gasteiger charge is 2.29. The number of rotatable bonds is 4.